The summed E-state index contributed by atoms with van der Waals surface area (Å²) in [5.74, 6) is 1.11. The highest BCUT2D eigenvalue weighted by Crippen LogP contribution is 2.34. The predicted molar refractivity (Wildman–Crippen MR) is 144 cm³/mol. The van der Waals surface area contributed by atoms with Crippen LogP contribution in [0, 0.1) is 12.7 Å². The molecule has 42 heavy (non-hydrogen) atoms. The van der Waals surface area contributed by atoms with Gasteiger partial charge in [0.05, 0.1) is 6.10 Å². The predicted octanol–water partition coefficient (Wildman–Crippen LogP) is 3.17. The second-order valence-corrected chi connectivity index (χ2v) is 10.1. The normalized spacial score (nSPS) is 16.4. The maximum atomic E-state index is 14.0. The van der Waals surface area contributed by atoms with E-state index < -0.39 is 23.7 Å². The molecule has 0 aliphatic carbocycles. The molecule has 12 nitrogen and oxygen atoms in total. The van der Waals surface area contributed by atoms with Gasteiger partial charge >= 0.3 is 0 Å². The van der Waals surface area contributed by atoms with Gasteiger partial charge in [-0.05, 0) is 72.5 Å². The fourth-order valence-electron chi connectivity index (χ4n) is 4.97. The van der Waals surface area contributed by atoms with E-state index in [1.165, 1.54) is 29.2 Å². The Morgan fingerprint density at radius 1 is 1.12 bits per heavy atom. The number of nitrogens with zero attached hydrogens (tertiary/aromatic N) is 5. The van der Waals surface area contributed by atoms with Gasteiger partial charge in [0.15, 0.2) is 17.3 Å². The maximum absolute atomic E-state index is 14.0. The smallest absolute Gasteiger partial charge is 0.247 e. The largest absolute Gasteiger partial charge is 0.458 e. The van der Waals surface area contributed by atoms with Crippen molar-refractivity contribution in [2.75, 3.05) is 19.9 Å². The first kappa shape index (κ1) is 27.4. The Morgan fingerprint density at radius 3 is 2.71 bits per heavy atom. The lowest BCUT2D eigenvalue weighted by molar-refractivity contribution is -0.142. The number of ether oxygens (including phenoxy) is 3. The summed E-state index contributed by atoms with van der Waals surface area (Å²) in [6.45, 7) is 2.55. The number of rotatable bonds is 10. The van der Waals surface area contributed by atoms with E-state index in [1.807, 2.05) is 0 Å². The zero-order valence-corrected chi connectivity index (χ0v) is 22.9. The van der Waals surface area contributed by atoms with E-state index in [2.05, 4.69) is 20.7 Å². The van der Waals surface area contributed by atoms with Gasteiger partial charge in [-0.25, -0.2) is 4.39 Å². The monoisotopic (exact) mass is 576 g/mol. The quantitative estimate of drug-likeness (QED) is 0.302. The molecule has 0 spiro atoms. The number of aromatic nitrogens is 4. The van der Waals surface area contributed by atoms with Crippen molar-refractivity contribution in [3.63, 3.8) is 0 Å². The summed E-state index contributed by atoms with van der Waals surface area (Å²) >= 11 is 0. The fraction of sp³-hybridized carbons (Fsp3) is 0.345. The SMILES string of the molecule is Cc1ccc(-c2nnn(CC(=O)N(Cc3ccc4c(c3)OCO4)[C@H](C(=O)NC[C@H]3CCCO3)c3ccc(F)cc3)n2)o1. The third kappa shape index (κ3) is 6.10. The van der Waals surface area contributed by atoms with Crippen molar-refractivity contribution >= 4 is 11.8 Å². The van der Waals surface area contributed by atoms with Crippen LogP contribution in [0.1, 0.15) is 35.8 Å². The van der Waals surface area contributed by atoms with E-state index in [1.54, 1.807) is 37.3 Å². The molecule has 2 atom stereocenters. The number of halogens is 1. The zero-order valence-electron chi connectivity index (χ0n) is 22.9. The number of hydrogen-bond acceptors (Lipinski definition) is 9. The van der Waals surface area contributed by atoms with Crippen molar-refractivity contribution in [2.24, 2.45) is 0 Å². The Kier molecular flexibility index (Phi) is 7.82. The maximum Gasteiger partial charge on any atom is 0.247 e. The number of tetrazole rings is 1. The van der Waals surface area contributed by atoms with E-state index in [-0.39, 0.29) is 31.8 Å². The molecule has 13 heteroatoms. The molecule has 0 radical (unpaired) electrons. The number of aryl methyl sites for hydroxylation is 1. The molecular weight excluding hydrogens is 547 g/mol. The van der Waals surface area contributed by atoms with Crippen LogP contribution in [-0.4, -0.2) is 63.0 Å². The second kappa shape index (κ2) is 12.0. The van der Waals surface area contributed by atoms with Crippen molar-refractivity contribution in [1.29, 1.82) is 0 Å². The van der Waals surface area contributed by atoms with Crippen molar-refractivity contribution in [3.05, 3.63) is 77.3 Å². The van der Waals surface area contributed by atoms with Crippen LogP contribution in [0.3, 0.4) is 0 Å². The van der Waals surface area contributed by atoms with Crippen LogP contribution in [0.4, 0.5) is 4.39 Å². The average molecular weight is 577 g/mol. The number of hydrogen-bond donors (Lipinski definition) is 1. The molecule has 2 aromatic carbocycles. The van der Waals surface area contributed by atoms with Gasteiger partial charge in [0, 0.05) is 19.7 Å². The molecule has 6 rings (SSSR count). The molecule has 1 fully saturated rings. The average Bonchev–Trinajstić information content (AvgIpc) is 3.80. The van der Waals surface area contributed by atoms with Crippen LogP contribution in [0.25, 0.3) is 11.6 Å². The van der Waals surface area contributed by atoms with Crippen LogP contribution in [-0.2, 0) is 27.4 Å². The van der Waals surface area contributed by atoms with Gasteiger partial charge in [-0.3, -0.25) is 9.59 Å². The number of fused-ring (bicyclic) bond motifs is 1. The van der Waals surface area contributed by atoms with Crippen molar-refractivity contribution in [1.82, 2.24) is 30.4 Å². The van der Waals surface area contributed by atoms with Crippen LogP contribution in [0.5, 0.6) is 11.5 Å². The van der Waals surface area contributed by atoms with E-state index >= 15 is 0 Å². The van der Waals surface area contributed by atoms with E-state index in [0.717, 1.165) is 17.6 Å². The number of nitrogens with one attached hydrogen (secondary N) is 1. The molecule has 4 aromatic rings. The molecule has 218 valence electrons. The van der Waals surface area contributed by atoms with Gasteiger partial charge in [0.2, 0.25) is 24.4 Å². The number of benzene rings is 2. The highest BCUT2D eigenvalue weighted by molar-refractivity contribution is 5.88. The Hall–Kier alpha value is -4.78. The molecule has 1 N–H and O–H groups in total. The Balaban J connectivity index is 1.31. The molecule has 2 amide bonds. The molecular formula is C29H29FN6O6. The fourth-order valence-corrected chi connectivity index (χ4v) is 4.97. The highest BCUT2D eigenvalue weighted by Gasteiger charge is 2.33. The zero-order chi connectivity index (χ0) is 29.1. The minimum atomic E-state index is -1.10. The Labute approximate surface area is 240 Å². The second-order valence-electron chi connectivity index (χ2n) is 10.1. The van der Waals surface area contributed by atoms with E-state index in [0.29, 0.717) is 47.3 Å². The van der Waals surface area contributed by atoms with Crippen molar-refractivity contribution < 1.29 is 32.6 Å². The number of carbonyl (C=O) groups excluding carboxylic acids is 2. The summed E-state index contributed by atoms with van der Waals surface area (Å²) in [4.78, 5) is 30.3. The minimum absolute atomic E-state index is 0.0315. The van der Waals surface area contributed by atoms with Gasteiger partial charge in [-0.2, -0.15) is 4.80 Å². The molecule has 2 aliphatic heterocycles. The molecule has 2 aromatic heterocycles. The third-order valence-corrected chi connectivity index (χ3v) is 7.07. The summed E-state index contributed by atoms with van der Waals surface area (Å²) in [7, 11) is 0. The summed E-state index contributed by atoms with van der Waals surface area (Å²) < 4.78 is 36.1. The number of carbonyl (C=O) groups is 2. The van der Waals surface area contributed by atoms with Gasteiger partial charge in [-0.1, -0.05) is 18.2 Å². The molecule has 0 bridgehead atoms. The molecule has 2 aliphatic rings. The van der Waals surface area contributed by atoms with Crippen LogP contribution in [0.15, 0.2) is 59.0 Å². The lowest BCUT2D eigenvalue weighted by Gasteiger charge is -2.31. The standard InChI is InChI=1S/C29H29FN6O6/c1-18-4-10-24(42-18)28-32-34-36(33-28)16-26(37)35(15-19-5-11-23-25(13-19)41-17-40-23)27(20-6-8-21(30)9-7-20)29(38)31-14-22-3-2-12-39-22/h4-11,13,22,27H,2-3,12,14-17H2,1H3,(H,31,38)/t22-,27+/m1/s1. The van der Waals surface area contributed by atoms with E-state index in [4.69, 9.17) is 18.6 Å². The van der Waals surface area contributed by atoms with Gasteiger partial charge in [0.1, 0.15) is 24.2 Å². The third-order valence-electron chi connectivity index (χ3n) is 7.07. The first-order valence-electron chi connectivity index (χ1n) is 13.6. The first-order chi connectivity index (χ1) is 20.4. The Morgan fingerprint density at radius 2 is 1.95 bits per heavy atom. The van der Waals surface area contributed by atoms with Gasteiger partial charge in [-0.15, -0.1) is 10.2 Å². The summed E-state index contributed by atoms with van der Waals surface area (Å²) in [5, 5.41) is 15.3. The topological polar surface area (TPSA) is 134 Å². The number of furan rings is 1. The van der Waals surface area contributed by atoms with Gasteiger partial charge in [0.25, 0.3) is 0 Å². The lowest BCUT2D eigenvalue weighted by Crippen LogP contribution is -2.46. The lowest BCUT2D eigenvalue weighted by atomic mass is 10.0. The number of amides is 2. The van der Waals surface area contributed by atoms with Gasteiger partial charge < -0.3 is 28.8 Å². The minimum Gasteiger partial charge on any atom is -0.458 e. The van der Waals surface area contributed by atoms with Crippen LogP contribution >= 0.6 is 0 Å². The molecule has 4 heterocycles. The summed E-state index contributed by atoms with van der Waals surface area (Å²) in [6, 6.07) is 13.2. The molecule has 0 unspecified atom stereocenters. The summed E-state index contributed by atoms with van der Waals surface area (Å²) in [6.07, 6.45) is 1.64. The van der Waals surface area contributed by atoms with E-state index in [9.17, 15) is 14.0 Å². The van der Waals surface area contributed by atoms with Crippen LogP contribution < -0.4 is 14.8 Å². The first-order valence-corrected chi connectivity index (χ1v) is 13.6. The highest BCUT2D eigenvalue weighted by atomic mass is 19.1. The van der Waals surface area contributed by atoms with Crippen molar-refractivity contribution in [2.45, 2.75) is 45.0 Å². The summed E-state index contributed by atoms with van der Waals surface area (Å²) in [5.41, 5.74) is 1.14. The van der Waals surface area contributed by atoms with Crippen LogP contribution in [0.2, 0.25) is 0 Å². The molecule has 0 saturated carbocycles. The van der Waals surface area contributed by atoms with Crippen molar-refractivity contribution in [3.8, 4) is 23.1 Å². The molecule has 1 saturated heterocycles. The Bertz CT molecular complexity index is 1560.